The molecule has 2 amide bonds. The first-order valence-electron chi connectivity index (χ1n) is 13.9. The number of benzene rings is 3. The van der Waals surface area contributed by atoms with E-state index in [0.29, 0.717) is 29.4 Å². The summed E-state index contributed by atoms with van der Waals surface area (Å²) in [5.41, 5.74) is 4.12. The molecule has 4 rings (SSSR count). The fraction of sp³-hybridized carbons (Fsp3) is 0.323. The summed E-state index contributed by atoms with van der Waals surface area (Å²) in [5.74, 6) is 0.303. The Bertz CT molecular complexity index is 1550. The Balaban J connectivity index is 1.38. The van der Waals surface area contributed by atoms with Gasteiger partial charge in [0.05, 0.1) is 37.1 Å². The minimum Gasteiger partial charge on any atom is -0.493 e. The van der Waals surface area contributed by atoms with E-state index >= 15 is 0 Å². The van der Waals surface area contributed by atoms with Crippen LogP contribution in [0.15, 0.2) is 76.7 Å². The summed E-state index contributed by atoms with van der Waals surface area (Å²) in [6.07, 6.45) is 3.41. The Morgan fingerprint density at radius 2 is 1.73 bits per heavy atom. The van der Waals surface area contributed by atoms with Crippen LogP contribution in [-0.4, -0.2) is 73.1 Å². The van der Waals surface area contributed by atoms with Gasteiger partial charge in [-0.05, 0) is 73.9 Å². The summed E-state index contributed by atoms with van der Waals surface area (Å²) < 4.78 is 49.9. The van der Waals surface area contributed by atoms with Gasteiger partial charge in [0.15, 0.2) is 18.1 Å². The van der Waals surface area contributed by atoms with Crippen LogP contribution in [0.25, 0.3) is 0 Å². The fourth-order valence-electron chi connectivity index (χ4n) is 4.36. The van der Waals surface area contributed by atoms with Crippen LogP contribution in [0.3, 0.4) is 0 Å². The molecule has 0 radical (unpaired) electrons. The Hall–Kier alpha value is -4.62. The van der Waals surface area contributed by atoms with Gasteiger partial charge in [0.2, 0.25) is 0 Å². The number of hydrogen-bond acceptors (Lipinski definition) is 9. The molecule has 0 aliphatic carbocycles. The number of hydrazone groups is 1. The van der Waals surface area contributed by atoms with Crippen LogP contribution in [0, 0.1) is 6.92 Å². The molecule has 1 atom stereocenters. The SMILES string of the molecule is COc1ccc(N(CC(=O)N/N=C\c2ccc(OCC(=O)NC[C@H]3CCCO3)cc2)S(=O)(=O)c2ccc(C)cc2)cc1OC. The molecule has 1 saturated heterocycles. The molecule has 0 saturated carbocycles. The van der Waals surface area contributed by atoms with Crippen LogP contribution in [0.1, 0.15) is 24.0 Å². The zero-order chi connectivity index (χ0) is 31.5. The highest BCUT2D eigenvalue weighted by Gasteiger charge is 2.28. The van der Waals surface area contributed by atoms with E-state index in [9.17, 15) is 18.0 Å². The van der Waals surface area contributed by atoms with Gasteiger partial charge in [-0.1, -0.05) is 17.7 Å². The van der Waals surface area contributed by atoms with Gasteiger partial charge in [-0.15, -0.1) is 0 Å². The van der Waals surface area contributed by atoms with Crippen LogP contribution >= 0.6 is 0 Å². The molecule has 2 N–H and O–H groups in total. The summed E-state index contributed by atoms with van der Waals surface area (Å²) >= 11 is 0. The van der Waals surface area contributed by atoms with E-state index in [2.05, 4.69) is 15.8 Å². The summed E-state index contributed by atoms with van der Waals surface area (Å²) in [4.78, 5) is 25.0. The van der Waals surface area contributed by atoms with Crippen molar-refractivity contribution in [3.63, 3.8) is 0 Å². The maximum Gasteiger partial charge on any atom is 0.264 e. The molecular weight excluding hydrogens is 588 g/mol. The van der Waals surface area contributed by atoms with Crippen molar-refractivity contribution >= 4 is 33.7 Å². The number of ether oxygens (including phenoxy) is 4. The van der Waals surface area contributed by atoms with Gasteiger partial charge < -0.3 is 24.3 Å². The standard InChI is InChI=1S/C31H36N4O8S/c1-22-6-13-27(14-7-22)44(38,39)35(24-10-15-28(40-2)29(17-24)41-3)20-30(36)34-33-18-23-8-11-25(12-9-23)43-21-31(37)32-19-26-5-4-16-42-26/h6-15,17-18,26H,4-5,16,19-21H2,1-3H3,(H,32,37)(H,34,36)/b33-18-/t26-/m1/s1. The zero-order valence-corrected chi connectivity index (χ0v) is 25.6. The molecule has 1 aliphatic heterocycles. The van der Waals surface area contributed by atoms with Crippen molar-refractivity contribution in [2.75, 3.05) is 44.8 Å². The molecule has 12 nitrogen and oxygen atoms in total. The molecule has 13 heteroatoms. The number of aryl methyl sites for hydroxylation is 1. The lowest BCUT2D eigenvalue weighted by Crippen LogP contribution is -2.39. The highest BCUT2D eigenvalue weighted by Crippen LogP contribution is 2.33. The Morgan fingerprint density at radius 1 is 1.00 bits per heavy atom. The second kappa shape index (κ2) is 15.2. The number of nitrogens with one attached hydrogen (secondary N) is 2. The van der Waals surface area contributed by atoms with Gasteiger partial charge in [-0.2, -0.15) is 5.10 Å². The number of anilines is 1. The molecule has 3 aromatic carbocycles. The normalized spacial score (nSPS) is 14.7. The summed E-state index contributed by atoms with van der Waals surface area (Å²) in [6, 6.07) is 17.7. The summed E-state index contributed by atoms with van der Waals surface area (Å²) in [7, 11) is -1.23. The fourth-order valence-corrected chi connectivity index (χ4v) is 5.77. The molecule has 1 heterocycles. The number of carbonyl (C=O) groups is 2. The molecule has 3 aromatic rings. The Labute approximate surface area is 257 Å². The highest BCUT2D eigenvalue weighted by molar-refractivity contribution is 7.92. The molecule has 1 fully saturated rings. The molecule has 0 spiro atoms. The van der Waals surface area contributed by atoms with Crippen molar-refractivity contribution in [3.05, 3.63) is 77.9 Å². The number of methoxy groups -OCH3 is 2. The van der Waals surface area contributed by atoms with Crippen molar-refractivity contribution in [2.45, 2.75) is 30.8 Å². The van der Waals surface area contributed by atoms with E-state index < -0.39 is 22.5 Å². The molecule has 1 aliphatic rings. The maximum absolute atomic E-state index is 13.6. The second-order valence-electron chi connectivity index (χ2n) is 9.95. The minimum atomic E-state index is -4.14. The lowest BCUT2D eigenvalue weighted by Gasteiger charge is -2.24. The van der Waals surface area contributed by atoms with E-state index in [0.717, 1.165) is 29.3 Å². The third-order valence-corrected chi connectivity index (χ3v) is 8.54. The van der Waals surface area contributed by atoms with Crippen molar-refractivity contribution in [2.24, 2.45) is 5.10 Å². The smallest absolute Gasteiger partial charge is 0.264 e. The van der Waals surface area contributed by atoms with Gasteiger partial charge in [-0.3, -0.25) is 13.9 Å². The lowest BCUT2D eigenvalue weighted by molar-refractivity contribution is -0.123. The first kappa shape index (κ1) is 32.3. The maximum atomic E-state index is 13.6. The van der Waals surface area contributed by atoms with Crippen LogP contribution in [-0.2, 0) is 24.3 Å². The monoisotopic (exact) mass is 624 g/mol. The van der Waals surface area contributed by atoms with Crippen LogP contribution in [0.5, 0.6) is 17.2 Å². The van der Waals surface area contributed by atoms with Crippen LogP contribution < -0.4 is 29.3 Å². The second-order valence-corrected chi connectivity index (χ2v) is 11.8. The van der Waals surface area contributed by atoms with E-state index in [-0.39, 0.29) is 29.2 Å². The van der Waals surface area contributed by atoms with Gasteiger partial charge in [0.25, 0.3) is 21.8 Å². The Morgan fingerprint density at radius 3 is 2.39 bits per heavy atom. The summed E-state index contributed by atoms with van der Waals surface area (Å²) in [6.45, 7) is 2.36. The van der Waals surface area contributed by atoms with Crippen molar-refractivity contribution < 1.29 is 37.0 Å². The highest BCUT2D eigenvalue weighted by atomic mass is 32.2. The third-order valence-electron chi connectivity index (χ3n) is 6.76. The number of rotatable bonds is 14. The van der Waals surface area contributed by atoms with E-state index in [1.807, 2.05) is 6.92 Å². The van der Waals surface area contributed by atoms with Crippen molar-refractivity contribution in [3.8, 4) is 17.2 Å². The van der Waals surface area contributed by atoms with Gasteiger partial charge in [-0.25, -0.2) is 13.8 Å². The molecule has 0 bridgehead atoms. The van der Waals surface area contributed by atoms with Crippen LogP contribution in [0.2, 0.25) is 0 Å². The first-order chi connectivity index (χ1) is 21.2. The largest absolute Gasteiger partial charge is 0.493 e. The molecule has 0 aromatic heterocycles. The average molecular weight is 625 g/mol. The number of nitrogens with zero attached hydrogens (tertiary/aromatic N) is 2. The molecule has 234 valence electrons. The molecule has 0 unspecified atom stereocenters. The molecular formula is C31H36N4O8S. The van der Waals surface area contributed by atoms with Gasteiger partial charge >= 0.3 is 0 Å². The van der Waals surface area contributed by atoms with E-state index in [1.165, 1.54) is 44.7 Å². The summed E-state index contributed by atoms with van der Waals surface area (Å²) in [5, 5.41) is 6.77. The van der Waals surface area contributed by atoms with Crippen molar-refractivity contribution in [1.82, 2.24) is 10.7 Å². The van der Waals surface area contributed by atoms with E-state index in [1.54, 1.807) is 42.5 Å². The number of hydrogen-bond donors (Lipinski definition) is 2. The zero-order valence-electron chi connectivity index (χ0n) is 24.8. The number of carbonyl (C=O) groups excluding carboxylic acids is 2. The predicted octanol–water partition coefficient (Wildman–Crippen LogP) is 3.03. The van der Waals surface area contributed by atoms with Crippen LogP contribution in [0.4, 0.5) is 5.69 Å². The van der Waals surface area contributed by atoms with Gasteiger partial charge in [0.1, 0.15) is 12.3 Å². The third kappa shape index (κ3) is 8.71. The van der Waals surface area contributed by atoms with Crippen molar-refractivity contribution in [1.29, 1.82) is 0 Å². The topological polar surface area (TPSA) is 145 Å². The predicted molar refractivity (Wildman–Crippen MR) is 165 cm³/mol. The number of sulfonamides is 1. The lowest BCUT2D eigenvalue weighted by atomic mass is 10.2. The van der Waals surface area contributed by atoms with Gasteiger partial charge in [0, 0.05) is 19.2 Å². The number of amides is 2. The molecule has 44 heavy (non-hydrogen) atoms. The quantitative estimate of drug-likeness (QED) is 0.206. The average Bonchev–Trinajstić information content (AvgIpc) is 3.56. The minimum absolute atomic E-state index is 0.0248. The van der Waals surface area contributed by atoms with E-state index in [4.69, 9.17) is 18.9 Å². The Kier molecular flexibility index (Phi) is 11.2. The first-order valence-corrected chi connectivity index (χ1v) is 15.4.